The molecule has 1 aliphatic heterocycles. The molecule has 2 unspecified atom stereocenters. The minimum Gasteiger partial charge on any atom is -0.492 e. The number of carbonyl (C=O) groups is 1. The second-order valence-corrected chi connectivity index (χ2v) is 7.94. The molecular formula is C20H26ClNO3. The fourth-order valence-electron chi connectivity index (χ4n) is 3.96. The third-order valence-electron chi connectivity index (χ3n) is 5.23. The second kappa shape index (κ2) is 7.38. The average molecular weight is 364 g/mol. The summed E-state index contributed by atoms with van der Waals surface area (Å²) in [5, 5.41) is 0.596. The zero-order valence-corrected chi connectivity index (χ0v) is 15.8. The van der Waals surface area contributed by atoms with Gasteiger partial charge in [-0.3, -0.25) is 4.79 Å². The number of hydrogen-bond acceptors (Lipinski definition) is 4. The molecule has 0 amide bonds. The van der Waals surface area contributed by atoms with Gasteiger partial charge in [0, 0.05) is 12.5 Å². The van der Waals surface area contributed by atoms with Crippen LogP contribution >= 0.6 is 11.6 Å². The Morgan fingerprint density at radius 2 is 2.24 bits per heavy atom. The van der Waals surface area contributed by atoms with Gasteiger partial charge in [-0.05, 0) is 57.5 Å². The van der Waals surface area contributed by atoms with E-state index in [4.69, 9.17) is 21.1 Å². The molecule has 0 spiro atoms. The molecule has 0 aromatic heterocycles. The normalized spacial score (nSPS) is 25.4. The Labute approximate surface area is 154 Å². The van der Waals surface area contributed by atoms with E-state index in [0.29, 0.717) is 30.4 Å². The summed E-state index contributed by atoms with van der Waals surface area (Å²) in [6.07, 6.45) is 3.20. The van der Waals surface area contributed by atoms with Gasteiger partial charge >= 0.3 is 5.97 Å². The standard InChI is InChI=1S/C20H26ClNO3/c1-14-9-16-13-25-19(23)20(16,11-14)12-15-5-6-18(17(21)10-15)24-8-4-7-22(2)3/h5-6,10,16H,1,4,7-9,11-13H2,2-3H3. The molecule has 5 heteroatoms. The minimum absolute atomic E-state index is 0.0868. The van der Waals surface area contributed by atoms with E-state index in [2.05, 4.69) is 11.5 Å². The lowest BCUT2D eigenvalue weighted by molar-refractivity contribution is -0.146. The average Bonchev–Trinajstić information content (AvgIpc) is 3.00. The summed E-state index contributed by atoms with van der Waals surface area (Å²) in [5.74, 6) is 0.854. The summed E-state index contributed by atoms with van der Waals surface area (Å²) in [6.45, 7) is 6.21. The van der Waals surface area contributed by atoms with Crippen molar-refractivity contribution < 1.29 is 14.3 Å². The molecule has 1 aliphatic carbocycles. The Morgan fingerprint density at radius 3 is 2.96 bits per heavy atom. The highest BCUT2D eigenvalue weighted by Crippen LogP contribution is 2.52. The molecule has 0 bridgehead atoms. The van der Waals surface area contributed by atoms with E-state index in [1.54, 1.807) is 0 Å². The summed E-state index contributed by atoms with van der Waals surface area (Å²) < 4.78 is 11.1. The topological polar surface area (TPSA) is 38.8 Å². The Kier molecular flexibility index (Phi) is 5.40. The summed E-state index contributed by atoms with van der Waals surface area (Å²) in [7, 11) is 4.08. The first-order valence-electron chi connectivity index (χ1n) is 8.80. The summed E-state index contributed by atoms with van der Waals surface area (Å²) >= 11 is 6.39. The summed E-state index contributed by atoms with van der Waals surface area (Å²) in [4.78, 5) is 14.5. The van der Waals surface area contributed by atoms with Crippen molar-refractivity contribution in [1.82, 2.24) is 4.90 Å². The van der Waals surface area contributed by atoms with Gasteiger partial charge in [0.2, 0.25) is 0 Å². The quantitative estimate of drug-likeness (QED) is 0.420. The summed E-state index contributed by atoms with van der Waals surface area (Å²) in [5.41, 5.74) is 1.74. The molecule has 3 rings (SSSR count). The van der Waals surface area contributed by atoms with E-state index >= 15 is 0 Å². The molecule has 1 saturated heterocycles. The highest BCUT2D eigenvalue weighted by Gasteiger charge is 2.55. The maximum Gasteiger partial charge on any atom is 0.313 e. The highest BCUT2D eigenvalue weighted by atomic mass is 35.5. The van der Waals surface area contributed by atoms with Gasteiger partial charge in [-0.25, -0.2) is 0 Å². The van der Waals surface area contributed by atoms with E-state index in [0.717, 1.165) is 36.9 Å². The molecule has 136 valence electrons. The van der Waals surface area contributed by atoms with E-state index < -0.39 is 5.41 Å². The number of benzene rings is 1. The third-order valence-corrected chi connectivity index (χ3v) is 5.52. The number of ether oxygens (including phenoxy) is 2. The first-order chi connectivity index (χ1) is 11.9. The fourth-order valence-corrected chi connectivity index (χ4v) is 4.22. The molecule has 2 atom stereocenters. The molecule has 1 aromatic rings. The summed E-state index contributed by atoms with van der Waals surface area (Å²) in [6, 6.07) is 5.83. The van der Waals surface area contributed by atoms with Crippen LogP contribution in [0.4, 0.5) is 0 Å². The van der Waals surface area contributed by atoms with Crippen LogP contribution < -0.4 is 4.74 Å². The van der Waals surface area contributed by atoms with Crippen molar-refractivity contribution in [1.29, 1.82) is 0 Å². The number of esters is 1. The van der Waals surface area contributed by atoms with E-state index in [1.807, 2.05) is 32.3 Å². The van der Waals surface area contributed by atoms with Crippen molar-refractivity contribution in [2.75, 3.05) is 33.9 Å². The molecule has 2 aliphatic rings. The highest BCUT2D eigenvalue weighted by molar-refractivity contribution is 6.32. The molecular weight excluding hydrogens is 338 g/mol. The van der Waals surface area contributed by atoms with Crippen LogP contribution in [0, 0.1) is 11.3 Å². The lowest BCUT2D eigenvalue weighted by Gasteiger charge is -2.24. The Hall–Kier alpha value is -1.52. The van der Waals surface area contributed by atoms with Crippen molar-refractivity contribution in [3.05, 3.63) is 40.9 Å². The van der Waals surface area contributed by atoms with Gasteiger partial charge < -0.3 is 14.4 Å². The van der Waals surface area contributed by atoms with E-state index in [-0.39, 0.29) is 11.9 Å². The molecule has 25 heavy (non-hydrogen) atoms. The minimum atomic E-state index is -0.450. The number of rotatable bonds is 7. The van der Waals surface area contributed by atoms with Crippen LogP contribution in [0.3, 0.4) is 0 Å². The number of carbonyl (C=O) groups excluding carboxylic acids is 1. The molecule has 1 heterocycles. The molecule has 2 fully saturated rings. The number of cyclic esters (lactones) is 1. The van der Waals surface area contributed by atoms with Crippen molar-refractivity contribution in [2.24, 2.45) is 11.3 Å². The Morgan fingerprint density at radius 1 is 1.44 bits per heavy atom. The smallest absolute Gasteiger partial charge is 0.313 e. The fraction of sp³-hybridized carbons (Fsp3) is 0.550. The predicted octanol–water partition coefficient (Wildman–Crippen LogP) is 3.72. The monoisotopic (exact) mass is 363 g/mol. The largest absolute Gasteiger partial charge is 0.492 e. The van der Waals surface area contributed by atoms with Crippen molar-refractivity contribution in [3.63, 3.8) is 0 Å². The second-order valence-electron chi connectivity index (χ2n) is 7.53. The Balaban J connectivity index is 1.67. The van der Waals surface area contributed by atoms with Crippen LogP contribution in [0.25, 0.3) is 0 Å². The van der Waals surface area contributed by atoms with E-state index in [9.17, 15) is 4.79 Å². The lowest BCUT2D eigenvalue weighted by Crippen LogP contribution is -2.31. The van der Waals surface area contributed by atoms with Gasteiger partial charge in [-0.1, -0.05) is 29.8 Å². The van der Waals surface area contributed by atoms with Crippen molar-refractivity contribution in [2.45, 2.75) is 25.7 Å². The van der Waals surface area contributed by atoms with Gasteiger partial charge in [0.1, 0.15) is 5.75 Å². The number of nitrogens with zero attached hydrogens (tertiary/aromatic N) is 1. The van der Waals surface area contributed by atoms with Gasteiger partial charge in [-0.15, -0.1) is 0 Å². The first kappa shape index (κ1) is 18.3. The van der Waals surface area contributed by atoms with Crippen LogP contribution in [0.2, 0.25) is 5.02 Å². The lowest BCUT2D eigenvalue weighted by atomic mass is 9.75. The van der Waals surface area contributed by atoms with E-state index in [1.165, 1.54) is 0 Å². The maximum atomic E-state index is 12.4. The van der Waals surface area contributed by atoms with Crippen LogP contribution in [0.15, 0.2) is 30.4 Å². The van der Waals surface area contributed by atoms with Crippen LogP contribution in [-0.4, -0.2) is 44.7 Å². The SMILES string of the molecule is C=C1CC2COC(=O)C2(Cc2ccc(OCCCN(C)C)c(Cl)c2)C1. The number of halogens is 1. The number of allylic oxidation sites excluding steroid dienone is 1. The van der Waals surface area contributed by atoms with Crippen LogP contribution in [0.5, 0.6) is 5.75 Å². The third kappa shape index (κ3) is 3.85. The molecule has 1 saturated carbocycles. The van der Waals surface area contributed by atoms with Crippen molar-refractivity contribution in [3.8, 4) is 5.75 Å². The van der Waals surface area contributed by atoms with Gasteiger partial charge in [0.05, 0.1) is 23.7 Å². The molecule has 1 aromatic carbocycles. The first-order valence-corrected chi connectivity index (χ1v) is 9.18. The van der Waals surface area contributed by atoms with Gasteiger partial charge in [-0.2, -0.15) is 0 Å². The van der Waals surface area contributed by atoms with Crippen LogP contribution in [-0.2, 0) is 16.0 Å². The van der Waals surface area contributed by atoms with Crippen LogP contribution in [0.1, 0.15) is 24.8 Å². The zero-order chi connectivity index (χ0) is 18.0. The number of hydrogen-bond donors (Lipinski definition) is 0. The van der Waals surface area contributed by atoms with Gasteiger partial charge in [0.15, 0.2) is 0 Å². The number of fused-ring (bicyclic) bond motifs is 1. The molecule has 0 radical (unpaired) electrons. The van der Waals surface area contributed by atoms with Crippen molar-refractivity contribution >= 4 is 17.6 Å². The predicted molar refractivity (Wildman–Crippen MR) is 99.1 cm³/mol. The molecule has 0 N–H and O–H groups in total. The Bertz CT molecular complexity index is 673. The van der Waals surface area contributed by atoms with Gasteiger partial charge in [0.25, 0.3) is 0 Å². The molecule has 4 nitrogen and oxygen atoms in total. The maximum absolute atomic E-state index is 12.4. The zero-order valence-electron chi connectivity index (χ0n) is 15.0.